The molecular formula is C13H13N5O. The number of aryl methyl sites for hydroxylation is 1. The number of H-pyrrole nitrogens is 1. The van der Waals surface area contributed by atoms with E-state index in [9.17, 15) is 4.79 Å². The van der Waals surface area contributed by atoms with Gasteiger partial charge in [-0.1, -0.05) is 24.3 Å². The average molecular weight is 255 g/mol. The lowest BCUT2D eigenvalue weighted by molar-refractivity contribution is 0.896. The molecule has 0 fully saturated rings. The fourth-order valence-corrected chi connectivity index (χ4v) is 2.06. The van der Waals surface area contributed by atoms with Crippen LogP contribution in [-0.4, -0.2) is 20.9 Å². The van der Waals surface area contributed by atoms with Gasteiger partial charge in [0.1, 0.15) is 5.69 Å². The Morgan fingerprint density at radius 2 is 1.89 bits per heavy atom. The number of nitrogens with zero attached hydrogens (tertiary/aromatic N) is 3. The van der Waals surface area contributed by atoms with Gasteiger partial charge in [0, 0.05) is 18.6 Å². The van der Waals surface area contributed by atoms with Crippen LogP contribution in [-0.2, 0) is 12.8 Å². The zero-order chi connectivity index (χ0) is 13.2. The zero-order valence-electron chi connectivity index (χ0n) is 10.5. The first-order valence-corrected chi connectivity index (χ1v) is 6.04. The number of hydrogen-bond donors (Lipinski definition) is 2. The van der Waals surface area contributed by atoms with Gasteiger partial charge in [-0.15, -0.1) is 10.2 Å². The second-order valence-electron chi connectivity index (χ2n) is 4.50. The van der Waals surface area contributed by atoms with Gasteiger partial charge in [0.05, 0.1) is 0 Å². The molecule has 0 amide bonds. The third-order valence-corrected chi connectivity index (χ3v) is 3.09. The minimum Gasteiger partial charge on any atom is -0.288 e. The molecule has 1 aliphatic rings. The Labute approximate surface area is 109 Å². The van der Waals surface area contributed by atoms with Crippen molar-refractivity contribution in [3.8, 4) is 0 Å². The van der Waals surface area contributed by atoms with Crippen LogP contribution in [0.25, 0.3) is 0 Å². The summed E-state index contributed by atoms with van der Waals surface area (Å²) in [5, 5.41) is 11.8. The Balaban J connectivity index is 1.75. The molecule has 1 heterocycles. The number of aromatic amines is 1. The number of fused-ring (bicyclic) bond motifs is 1. The maximum atomic E-state index is 11.4. The van der Waals surface area contributed by atoms with Crippen molar-refractivity contribution in [2.45, 2.75) is 19.8 Å². The summed E-state index contributed by atoms with van der Waals surface area (Å²) in [6, 6.07) is 8.26. The molecule has 6 heteroatoms. The minimum atomic E-state index is -0.257. The van der Waals surface area contributed by atoms with Gasteiger partial charge in [-0.3, -0.25) is 9.78 Å². The molecule has 2 aromatic rings. The molecule has 1 aliphatic carbocycles. The van der Waals surface area contributed by atoms with Crippen LogP contribution in [0.4, 0.5) is 5.95 Å². The average Bonchev–Trinajstić information content (AvgIpc) is 2.83. The van der Waals surface area contributed by atoms with Crippen LogP contribution in [0.2, 0.25) is 0 Å². The van der Waals surface area contributed by atoms with E-state index in [1.54, 1.807) is 6.92 Å². The second kappa shape index (κ2) is 4.64. The first-order chi connectivity index (χ1) is 9.22. The monoisotopic (exact) mass is 255 g/mol. The van der Waals surface area contributed by atoms with Gasteiger partial charge in [-0.05, 0) is 18.1 Å². The number of benzene rings is 1. The Kier molecular flexibility index (Phi) is 2.83. The van der Waals surface area contributed by atoms with Gasteiger partial charge in [0.15, 0.2) is 0 Å². The van der Waals surface area contributed by atoms with E-state index in [-0.39, 0.29) is 11.5 Å². The van der Waals surface area contributed by atoms with Gasteiger partial charge in [-0.2, -0.15) is 5.10 Å². The molecule has 0 unspecified atom stereocenters. The molecule has 96 valence electrons. The third kappa shape index (κ3) is 2.37. The molecule has 0 radical (unpaired) electrons. The standard InChI is InChI=1S/C13H13N5O/c1-8-12(19)14-13(17-15-8)18-16-11-6-9-4-2-3-5-10(9)7-11/h2-5H,6-7H2,1H3,(H2,14,17,18,19). The maximum Gasteiger partial charge on any atom is 0.274 e. The lowest BCUT2D eigenvalue weighted by Crippen LogP contribution is -2.16. The van der Waals surface area contributed by atoms with Gasteiger partial charge in [0.2, 0.25) is 5.95 Å². The molecule has 6 nitrogen and oxygen atoms in total. The van der Waals surface area contributed by atoms with Crippen LogP contribution in [0.5, 0.6) is 0 Å². The normalized spacial score (nSPS) is 13.2. The molecule has 0 saturated carbocycles. The van der Waals surface area contributed by atoms with Gasteiger partial charge in [-0.25, -0.2) is 5.43 Å². The van der Waals surface area contributed by atoms with Crippen molar-refractivity contribution in [3.63, 3.8) is 0 Å². The highest BCUT2D eigenvalue weighted by Gasteiger charge is 2.15. The molecule has 1 aromatic heterocycles. The highest BCUT2D eigenvalue weighted by molar-refractivity contribution is 5.93. The lowest BCUT2D eigenvalue weighted by Gasteiger charge is -1.99. The van der Waals surface area contributed by atoms with Crippen molar-refractivity contribution in [2.24, 2.45) is 5.10 Å². The summed E-state index contributed by atoms with van der Waals surface area (Å²) in [5.74, 6) is 0.263. The van der Waals surface area contributed by atoms with Crippen molar-refractivity contribution >= 4 is 11.7 Å². The first kappa shape index (κ1) is 11.6. The molecule has 1 aromatic carbocycles. The lowest BCUT2D eigenvalue weighted by atomic mass is 10.1. The summed E-state index contributed by atoms with van der Waals surface area (Å²) < 4.78 is 0. The number of nitrogens with one attached hydrogen (secondary N) is 2. The first-order valence-electron chi connectivity index (χ1n) is 6.04. The van der Waals surface area contributed by atoms with Gasteiger partial charge >= 0.3 is 0 Å². The fourth-order valence-electron chi connectivity index (χ4n) is 2.06. The highest BCUT2D eigenvalue weighted by atomic mass is 16.1. The summed E-state index contributed by atoms with van der Waals surface area (Å²) in [6.45, 7) is 1.61. The van der Waals surface area contributed by atoms with E-state index in [2.05, 4.69) is 37.8 Å². The Morgan fingerprint density at radius 1 is 1.21 bits per heavy atom. The van der Waals surface area contributed by atoms with Crippen LogP contribution >= 0.6 is 0 Å². The summed E-state index contributed by atoms with van der Waals surface area (Å²) in [4.78, 5) is 13.9. The van der Waals surface area contributed by atoms with E-state index in [4.69, 9.17) is 0 Å². The smallest absolute Gasteiger partial charge is 0.274 e. The van der Waals surface area contributed by atoms with Crippen LogP contribution in [0.3, 0.4) is 0 Å². The second-order valence-corrected chi connectivity index (χ2v) is 4.50. The summed E-state index contributed by atoms with van der Waals surface area (Å²) in [6.07, 6.45) is 1.65. The quantitative estimate of drug-likeness (QED) is 0.785. The molecule has 0 bridgehead atoms. The number of anilines is 1. The molecule has 0 atom stereocenters. The van der Waals surface area contributed by atoms with Crippen LogP contribution in [0.15, 0.2) is 34.2 Å². The van der Waals surface area contributed by atoms with Gasteiger partial charge in [0.25, 0.3) is 5.56 Å². The van der Waals surface area contributed by atoms with Crippen molar-refractivity contribution in [2.75, 3.05) is 5.43 Å². The van der Waals surface area contributed by atoms with Crippen molar-refractivity contribution in [3.05, 3.63) is 51.4 Å². The van der Waals surface area contributed by atoms with E-state index in [1.165, 1.54) is 11.1 Å². The molecule has 0 saturated heterocycles. The largest absolute Gasteiger partial charge is 0.288 e. The summed E-state index contributed by atoms with van der Waals surface area (Å²) in [7, 11) is 0. The SMILES string of the molecule is Cc1nnc(NN=C2Cc3ccccc3C2)[nH]c1=O. The number of hydrazone groups is 1. The van der Waals surface area contributed by atoms with Gasteiger partial charge < -0.3 is 0 Å². The van der Waals surface area contributed by atoms with Crippen LogP contribution in [0, 0.1) is 6.92 Å². The zero-order valence-corrected chi connectivity index (χ0v) is 10.5. The predicted octanol–water partition coefficient (Wildman–Crippen LogP) is 1.04. The van der Waals surface area contributed by atoms with E-state index in [0.29, 0.717) is 5.69 Å². The van der Waals surface area contributed by atoms with E-state index >= 15 is 0 Å². The molecule has 2 N–H and O–H groups in total. The predicted molar refractivity (Wildman–Crippen MR) is 72.3 cm³/mol. The number of rotatable bonds is 2. The molecule has 0 aliphatic heterocycles. The molecule has 3 rings (SSSR count). The van der Waals surface area contributed by atoms with Crippen LogP contribution in [0.1, 0.15) is 16.8 Å². The van der Waals surface area contributed by atoms with E-state index in [1.807, 2.05) is 12.1 Å². The third-order valence-electron chi connectivity index (χ3n) is 3.09. The Bertz CT molecular complexity index is 677. The highest BCUT2D eigenvalue weighted by Crippen LogP contribution is 2.19. The van der Waals surface area contributed by atoms with Crippen LogP contribution < -0.4 is 11.0 Å². The van der Waals surface area contributed by atoms with E-state index in [0.717, 1.165) is 18.6 Å². The number of aromatic nitrogens is 3. The fraction of sp³-hybridized carbons (Fsp3) is 0.231. The topological polar surface area (TPSA) is 83.0 Å². The van der Waals surface area contributed by atoms with Crippen molar-refractivity contribution in [1.82, 2.24) is 15.2 Å². The molecule has 19 heavy (non-hydrogen) atoms. The van der Waals surface area contributed by atoms with Crippen molar-refractivity contribution in [1.29, 1.82) is 0 Å². The molecular weight excluding hydrogens is 242 g/mol. The minimum absolute atomic E-state index is 0.257. The molecule has 0 spiro atoms. The van der Waals surface area contributed by atoms with E-state index < -0.39 is 0 Å². The van der Waals surface area contributed by atoms with Crippen molar-refractivity contribution < 1.29 is 0 Å². The Morgan fingerprint density at radius 3 is 2.53 bits per heavy atom. The Hall–Kier alpha value is -2.50. The summed E-state index contributed by atoms with van der Waals surface area (Å²) in [5.41, 5.74) is 6.44. The maximum absolute atomic E-state index is 11.4. The summed E-state index contributed by atoms with van der Waals surface area (Å²) >= 11 is 0. The number of hydrogen-bond acceptors (Lipinski definition) is 5.